The summed E-state index contributed by atoms with van der Waals surface area (Å²) in [6, 6.07) is 9.62. The minimum Gasteiger partial charge on any atom is -0.466 e. The largest absolute Gasteiger partial charge is 0.466 e. The second-order valence-electron chi connectivity index (χ2n) is 4.90. The Morgan fingerprint density at radius 1 is 1.18 bits per heavy atom. The molecule has 22 heavy (non-hydrogen) atoms. The molecule has 5 nitrogen and oxygen atoms in total. The second kappa shape index (κ2) is 6.93. The third kappa shape index (κ3) is 3.19. The van der Waals surface area contributed by atoms with Gasteiger partial charge in [0.1, 0.15) is 0 Å². The normalized spacial score (nSPS) is 17.4. The summed E-state index contributed by atoms with van der Waals surface area (Å²) in [5.41, 5.74) is 2.24. The molecule has 1 aliphatic rings. The van der Waals surface area contributed by atoms with Gasteiger partial charge in [-0.15, -0.1) is 0 Å². The van der Waals surface area contributed by atoms with Gasteiger partial charge in [0, 0.05) is 18.3 Å². The Kier molecular flexibility index (Phi) is 4.99. The number of carbonyl (C=O) groups excluding carboxylic acids is 2. The van der Waals surface area contributed by atoms with E-state index in [0.29, 0.717) is 5.57 Å². The molecule has 0 fully saturated rings. The zero-order valence-corrected chi connectivity index (χ0v) is 12.9. The fourth-order valence-electron chi connectivity index (χ4n) is 2.48. The smallest absolute Gasteiger partial charge is 0.417 e. The van der Waals surface area contributed by atoms with E-state index in [9.17, 15) is 9.59 Å². The van der Waals surface area contributed by atoms with Crippen LogP contribution in [0.5, 0.6) is 0 Å². The summed E-state index contributed by atoms with van der Waals surface area (Å²) in [4.78, 5) is 25.3. The quantitative estimate of drug-likeness (QED) is 0.804. The van der Waals surface area contributed by atoms with Crippen LogP contribution in [0, 0.1) is 0 Å². The number of rotatable bonds is 3. The van der Waals surface area contributed by atoms with E-state index in [-0.39, 0.29) is 12.5 Å². The van der Waals surface area contributed by atoms with Gasteiger partial charge in [0.25, 0.3) is 0 Å². The van der Waals surface area contributed by atoms with Crippen molar-refractivity contribution in [3.8, 4) is 0 Å². The number of carbonyl (C=O) groups is 2. The Morgan fingerprint density at radius 3 is 2.45 bits per heavy atom. The summed E-state index contributed by atoms with van der Waals surface area (Å²) in [5, 5.41) is 0. The molecule has 0 bridgehead atoms. The van der Waals surface area contributed by atoms with Crippen LogP contribution >= 0.6 is 0 Å². The van der Waals surface area contributed by atoms with E-state index in [1.54, 1.807) is 13.1 Å². The summed E-state index contributed by atoms with van der Waals surface area (Å²) in [7, 11) is 1.33. The third-order valence-electron chi connectivity index (χ3n) is 3.42. The number of allylic oxidation sites excluding steroid dienone is 1. The van der Waals surface area contributed by atoms with E-state index in [1.165, 1.54) is 18.2 Å². The van der Waals surface area contributed by atoms with Crippen molar-refractivity contribution < 1.29 is 19.1 Å². The van der Waals surface area contributed by atoms with Crippen LogP contribution in [0.4, 0.5) is 4.79 Å². The molecule has 1 aliphatic heterocycles. The maximum absolute atomic E-state index is 12.1. The number of esters is 1. The van der Waals surface area contributed by atoms with Crippen molar-refractivity contribution in [3.05, 3.63) is 59.4 Å². The fourth-order valence-corrected chi connectivity index (χ4v) is 2.48. The summed E-state index contributed by atoms with van der Waals surface area (Å²) in [5.74, 6) is -0.699. The number of benzene rings is 1. The van der Waals surface area contributed by atoms with Crippen molar-refractivity contribution in [2.24, 2.45) is 0 Å². The molecular weight excluding hydrogens is 282 g/mol. The molecule has 1 heterocycles. The Labute approximate surface area is 129 Å². The second-order valence-corrected chi connectivity index (χ2v) is 4.90. The van der Waals surface area contributed by atoms with Gasteiger partial charge in [0.05, 0.1) is 19.3 Å². The number of ether oxygens (including phenoxy) is 2. The molecule has 5 heteroatoms. The van der Waals surface area contributed by atoms with Crippen LogP contribution in [-0.2, 0) is 14.3 Å². The van der Waals surface area contributed by atoms with Crippen molar-refractivity contribution in [2.45, 2.75) is 19.8 Å². The van der Waals surface area contributed by atoms with Crippen molar-refractivity contribution in [1.29, 1.82) is 0 Å². The molecule has 0 N–H and O–H groups in total. The first-order valence-electron chi connectivity index (χ1n) is 7.06. The zero-order valence-electron chi connectivity index (χ0n) is 12.9. The highest BCUT2D eigenvalue weighted by molar-refractivity contribution is 5.92. The van der Waals surface area contributed by atoms with Crippen LogP contribution in [-0.4, -0.2) is 30.7 Å². The maximum Gasteiger partial charge on any atom is 0.417 e. The average molecular weight is 301 g/mol. The topological polar surface area (TPSA) is 55.8 Å². The molecule has 116 valence electrons. The summed E-state index contributed by atoms with van der Waals surface area (Å²) in [6.45, 7) is 3.88. The van der Waals surface area contributed by atoms with Crippen molar-refractivity contribution in [3.63, 3.8) is 0 Å². The van der Waals surface area contributed by atoms with Crippen LogP contribution in [0.1, 0.15) is 25.3 Å². The maximum atomic E-state index is 12.1. The Morgan fingerprint density at radius 2 is 1.86 bits per heavy atom. The molecule has 1 amide bonds. The van der Waals surface area contributed by atoms with Gasteiger partial charge < -0.3 is 9.47 Å². The standard InChI is InChI=1S/C17H19NO4/c1-4-22-17(20)18-10-12(2)15(13-8-6-5-7-9-13)14(11-18)16(19)21-3/h5-11,15H,4H2,1-3H3. The van der Waals surface area contributed by atoms with Gasteiger partial charge in [-0.2, -0.15) is 0 Å². The summed E-state index contributed by atoms with van der Waals surface area (Å²) >= 11 is 0. The highest BCUT2D eigenvalue weighted by atomic mass is 16.6. The molecule has 1 aromatic rings. The highest BCUT2D eigenvalue weighted by Crippen LogP contribution is 2.35. The van der Waals surface area contributed by atoms with E-state index in [1.807, 2.05) is 37.3 Å². The molecule has 0 saturated heterocycles. The lowest BCUT2D eigenvalue weighted by atomic mass is 9.84. The van der Waals surface area contributed by atoms with E-state index >= 15 is 0 Å². The minimum atomic E-state index is -0.519. The van der Waals surface area contributed by atoms with Gasteiger partial charge in [-0.1, -0.05) is 30.3 Å². The number of hydrogen-bond acceptors (Lipinski definition) is 4. The first-order chi connectivity index (χ1) is 10.6. The molecule has 1 aromatic carbocycles. The van der Waals surface area contributed by atoms with Gasteiger partial charge in [-0.25, -0.2) is 9.59 Å². The Balaban J connectivity index is 2.42. The molecule has 0 aliphatic carbocycles. The van der Waals surface area contributed by atoms with Gasteiger partial charge in [0.2, 0.25) is 0 Å². The highest BCUT2D eigenvalue weighted by Gasteiger charge is 2.30. The summed E-state index contributed by atoms with van der Waals surface area (Å²) < 4.78 is 9.84. The first kappa shape index (κ1) is 15.8. The van der Waals surface area contributed by atoms with E-state index in [2.05, 4.69) is 0 Å². The Hall–Kier alpha value is -2.56. The van der Waals surface area contributed by atoms with Crippen LogP contribution in [0.25, 0.3) is 0 Å². The van der Waals surface area contributed by atoms with Crippen LogP contribution in [0.3, 0.4) is 0 Å². The van der Waals surface area contributed by atoms with Gasteiger partial charge in [0.15, 0.2) is 0 Å². The minimum absolute atomic E-state index is 0.237. The van der Waals surface area contributed by atoms with E-state index in [0.717, 1.165) is 11.1 Å². The lowest BCUT2D eigenvalue weighted by Crippen LogP contribution is -2.29. The van der Waals surface area contributed by atoms with Gasteiger partial charge in [-0.3, -0.25) is 4.90 Å². The van der Waals surface area contributed by atoms with Gasteiger partial charge in [-0.05, 0) is 25.0 Å². The van der Waals surface area contributed by atoms with Crippen molar-refractivity contribution >= 4 is 12.1 Å². The number of methoxy groups -OCH3 is 1. The molecule has 1 unspecified atom stereocenters. The number of nitrogens with zero attached hydrogens (tertiary/aromatic N) is 1. The van der Waals surface area contributed by atoms with Gasteiger partial charge >= 0.3 is 12.1 Å². The van der Waals surface area contributed by atoms with Crippen LogP contribution in [0.15, 0.2) is 53.9 Å². The van der Waals surface area contributed by atoms with E-state index in [4.69, 9.17) is 9.47 Å². The molecule has 0 spiro atoms. The lowest BCUT2D eigenvalue weighted by Gasteiger charge is -2.28. The number of hydrogen-bond donors (Lipinski definition) is 0. The van der Waals surface area contributed by atoms with Crippen LogP contribution in [0.2, 0.25) is 0 Å². The first-order valence-corrected chi connectivity index (χ1v) is 7.06. The van der Waals surface area contributed by atoms with E-state index < -0.39 is 12.1 Å². The van der Waals surface area contributed by atoms with Crippen LogP contribution < -0.4 is 0 Å². The molecule has 0 radical (unpaired) electrons. The van der Waals surface area contributed by atoms with Crippen molar-refractivity contribution in [2.75, 3.05) is 13.7 Å². The molecular formula is C17H19NO4. The SMILES string of the molecule is CCOC(=O)N1C=C(C)C(c2ccccc2)C(C(=O)OC)=C1. The predicted octanol–water partition coefficient (Wildman–Crippen LogP) is 3.20. The monoisotopic (exact) mass is 301 g/mol. The zero-order chi connectivity index (χ0) is 16.1. The molecule has 1 atom stereocenters. The third-order valence-corrected chi connectivity index (χ3v) is 3.42. The Bertz CT molecular complexity index is 619. The van der Waals surface area contributed by atoms with Crippen molar-refractivity contribution in [1.82, 2.24) is 4.90 Å². The average Bonchev–Trinajstić information content (AvgIpc) is 2.54. The molecule has 0 saturated carbocycles. The fraction of sp³-hybridized carbons (Fsp3) is 0.294. The molecule has 0 aromatic heterocycles. The molecule has 2 rings (SSSR count). The predicted molar refractivity (Wildman–Crippen MR) is 81.9 cm³/mol. The lowest BCUT2D eigenvalue weighted by molar-refractivity contribution is -0.136. The summed E-state index contributed by atoms with van der Waals surface area (Å²) in [6.07, 6.45) is 2.64. The number of amides is 1.